The zero-order valence-corrected chi connectivity index (χ0v) is 11.9. The summed E-state index contributed by atoms with van der Waals surface area (Å²) in [6, 6.07) is 5.23. The number of rotatable bonds is 4. The van der Waals surface area contributed by atoms with E-state index in [0.29, 0.717) is 6.04 Å². The smallest absolute Gasteiger partial charge is 0.123 e. The van der Waals surface area contributed by atoms with E-state index in [4.69, 9.17) is 4.74 Å². The van der Waals surface area contributed by atoms with Crippen LogP contribution in [0.2, 0.25) is 0 Å². The van der Waals surface area contributed by atoms with E-state index < -0.39 is 0 Å². The van der Waals surface area contributed by atoms with Crippen LogP contribution in [0, 0.1) is 5.82 Å². The third-order valence-corrected chi connectivity index (χ3v) is 3.80. The fourth-order valence-corrected chi connectivity index (χ4v) is 2.94. The molecule has 0 saturated carbocycles. The number of piperidine rings is 1. The van der Waals surface area contributed by atoms with E-state index in [-0.39, 0.29) is 11.9 Å². The second-order valence-corrected chi connectivity index (χ2v) is 5.35. The molecule has 0 aromatic heterocycles. The van der Waals surface area contributed by atoms with Crippen LogP contribution in [0.25, 0.3) is 0 Å². The van der Waals surface area contributed by atoms with Crippen LogP contribution in [0.4, 0.5) is 4.39 Å². The Balaban J connectivity index is 2.34. The number of hydrogen-bond donors (Lipinski definition) is 1. The number of nitrogens with zero attached hydrogens (tertiary/aromatic N) is 1. The highest BCUT2D eigenvalue weighted by atomic mass is 19.1. The Kier molecular flexibility index (Phi) is 4.77. The highest BCUT2D eigenvalue weighted by Crippen LogP contribution is 2.33. The van der Waals surface area contributed by atoms with Crippen LogP contribution >= 0.6 is 0 Å². The minimum absolute atomic E-state index is 0.131. The number of nitrogens with one attached hydrogen (secondary N) is 1. The molecule has 1 N–H and O–H groups in total. The molecule has 1 aromatic rings. The molecule has 0 aliphatic carbocycles. The summed E-state index contributed by atoms with van der Waals surface area (Å²) in [5.41, 5.74) is 0.923. The molecular formula is C15H23FN2O. The summed E-state index contributed by atoms with van der Waals surface area (Å²) in [5.74, 6) is 0.547. The minimum Gasteiger partial charge on any atom is -0.496 e. The summed E-state index contributed by atoms with van der Waals surface area (Å²) in [5, 5.41) is 3.55. The molecule has 1 aliphatic heterocycles. The molecule has 0 bridgehead atoms. The van der Waals surface area contributed by atoms with E-state index in [0.717, 1.165) is 24.3 Å². The van der Waals surface area contributed by atoms with Gasteiger partial charge in [-0.15, -0.1) is 0 Å². The summed E-state index contributed by atoms with van der Waals surface area (Å²) >= 11 is 0. The molecule has 19 heavy (non-hydrogen) atoms. The second kappa shape index (κ2) is 6.35. The van der Waals surface area contributed by atoms with Crippen molar-refractivity contribution in [3.63, 3.8) is 0 Å². The number of hydrogen-bond acceptors (Lipinski definition) is 3. The lowest BCUT2D eigenvalue weighted by atomic mass is 9.91. The number of methoxy groups -OCH3 is 1. The van der Waals surface area contributed by atoms with Gasteiger partial charge < -0.3 is 15.0 Å². The van der Waals surface area contributed by atoms with Crippen molar-refractivity contribution in [3.8, 4) is 5.75 Å². The topological polar surface area (TPSA) is 24.5 Å². The summed E-state index contributed by atoms with van der Waals surface area (Å²) in [4.78, 5) is 2.14. The fraction of sp³-hybridized carbons (Fsp3) is 0.600. The normalized spacial score (nSPS) is 21.4. The van der Waals surface area contributed by atoms with Crippen molar-refractivity contribution >= 4 is 0 Å². The molecule has 1 heterocycles. The van der Waals surface area contributed by atoms with Crippen LogP contribution in [-0.4, -0.2) is 38.7 Å². The molecule has 2 rings (SSSR count). The molecule has 2 unspecified atom stereocenters. The van der Waals surface area contributed by atoms with Crippen molar-refractivity contribution in [2.75, 3.05) is 27.7 Å². The Labute approximate surface area is 114 Å². The molecule has 4 heteroatoms. The van der Waals surface area contributed by atoms with Crippen molar-refractivity contribution in [2.45, 2.75) is 31.3 Å². The van der Waals surface area contributed by atoms with Crippen LogP contribution < -0.4 is 10.1 Å². The summed E-state index contributed by atoms with van der Waals surface area (Å²) in [7, 11) is 5.70. The van der Waals surface area contributed by atoms with Gasteiger partial charge >= 0.3 is 0 Å². The minimum atomic E-state index is -0.210. The van der Waals surface area contributed by atoms with Gasteiger partial charge in [-0.2, -0.15) is 0 Å². The Hall–Kier alpha value is -1.13. The molecule has 3 nitrogen and oxygen atoms in total. The third kappa shape index (κ3) is 3.25. The predicted molar refractivity (Wildman–Crippen MR) is 75.0 cm³/mol. The highest BCUT2D eigenvalue weighted by molar-refractivity contribution is 5.37. The van der Waals surface area contributed by atoms with E-state index >= 15 is 0 Å². The zero-order chi connectivity index (χ0) is 13.8. The third-order valence-electron chi connectivity index (χ3n) is 3.80. The van der Waals surface area contributed by atoms with Crippen LogP contribution in [0.1, 0.15) is 30.9 Å². The van der Waals surface area contributed by atoms with Gasteiger partial charge in [0, 0.05) is 11.6 Å². The van der Waals surface area contributed by atoms with E-state index in [2.05, 4.69) is 10.2 Å². The van der Waals surface area contributed by atoms with Crippen molar-refractivity contribution in [1.29, 1.82) is 0 Å². The number of benzene rings is 1. The summed E-state index contributed by atoms with van der Waals surface area (Å²) in [6.07, 6.45) is 3.55. The van der Waals surface area contributed by atoms with Crippen LogP contribution in [0.15, 0.2) is 18.2 Å². The molecule has 0 spiro atoms. The van der Waals surface area contributed by atoms with Crippen molar-refractivity contribution in [2.24, 2.45) is 0 Å². The fourth-order valence-electron chi connectivity index (χ4n) is 2.94. The van der Waals surface area contributed by atoms with Crippen molar-refractivity contribution in [3.05, 3.63) is 29.6 Å². The maximum Gasteiger partial charge on any atom is 0.123 e. The van der Waals surface area contributed by atoms with Crippen LogP contribution in [-0.2, 0) is 0 Å². The van der Waals surface area contributed by atoms with Gasteiger partial charge in [-0.1, -0.05) is 6.42 Å². The molecule has 106 valence electrons. The van der Waals surface area contributed by atoms with Crippen LogP contribution in [0.3, 0.4) is 0 Å². The largest absolute Gasteiger partial charge is 0.496 e. The van der Waals surface area contributed by atoms with E-state index in [9.17, 15) is 4.39 Å². The molecule has 1 aromatic carbocycles. The maximum absolute atomic E-state index is 13.6. The van der Waals surface area contributed by atoms with Crippen molar-refractivity contribution < 1.29 is 9.13 Å². The zero-order valence-electron chi connectivity index (χ0n) is 11.9. The van der Waals surface area contributed by atoms with Gasteiger partial charge in [-0.05, 0) is 51.7 Å². The average molecular weight is 266 g/mol. The molecule has 1 aliphatic rings. The van der Waals surface area contributed by atoms with Gasteiger partial charge in [0.2, 0.25) is 0 Å². The Morgan fingerprint density at radius 1 is 1.37 bits per heavy atom. The average Bonchev–Trinajstić information content (AvgIpc) is 2.40. The number of halogens is 1. The van der Waals surface area contributed by atoms with Crippen molar-refractivity contribution in [1.82, 2.24) is 10.2 Å². The Morgan fingerprint density at radius 3 is 2.74 bits per heavy atom. The standard InChI is InChI=1S/C15H23FN2O/c1-18(2)15(13-6-4-5-9-17-13)12-10-11(16)7-8-14(12)19-3/h7-8,10,13,15,17H,4-6,9H2,1-3H3. The lowest BCUT2D eigenvalue weighted by Crippen LogP contribution is -2.44. The molecule has 2 atom stereocenters. The van der Waals surface area contributed by atoms with Gasteiger partial charge in [-0.3, -0.25) is 0 Å². The Bertz CT molecular complexity index is 417. The monoisotopic (exact) mass is 266 g/mol. The van der Waals surface area contributed by atoms with Gasteiger partial charge in [0.15, 0.2) is 0 Å². The van der Waals surface area contributed by atoms with E-state index in [1.54, 1.807) is 19.2 Å². The lowest BCUT2D eigenvalue weighted by Gasteiger charge is -2.36. The van der Waals surface area contributed by atoms with Gasteiger partial charge in [0.1, 0.15) is 11.6 Å². The van der Waals surface area contributed by atoms with E-state index in [1.807, 2.05) is 14.1 Å². The summed E-state index contributed by atoms with van der Waals surface area (Å²) in [6.45, 7) is 1.03. The Morgan fingerprint density at radius 2 is 2.16 bits per heavy atom. The molecule has 1 saturated heterocycles. The molecule has 1 fully saturated rings. The number of likely N-dealkylation sites (N-methyl/N-ethyl adjacent to an activating group) is 1. The van der Waals surface area contributed by atoms with Gasteiger partial charge in [0.25, 0.3) is 0 Å². The maximum atomic E-state index is 13.6. The highest BCUT2D eigenvalue weighted by Gasteiger charge is 2.29. The molecular weight excluding hydrogens is 243 g/mol. The van der Waals surface area contributed by atoms with Gasteiger partial charge in [0.05, 0.1) is 13.2 Å². The SMILES string of the molecule is COc1ccc(F)cc1C(C1CCCCN1)N(C)C. The first-order valence-corrected chi connectivity index (χ1v) is 6.86. The lowest BCUT2D eigenvalue weighted by molar-refractivity contribution is 0.200. The predicted octanol–water partition coefficient (Wildman–Crippen LogP) is 2.58. The molecule has 0 amide bonds. The summed E-state index contributed by atoms with van der Waals surface area (Å²) < 4.78 is 19.0. The second-order valence-electron chi connectivity index (χ2n) is 5.35. The number of ether oxygens (including phenoxy) is 1. The first-order valence-electron chi connectivity index (χ1n) is 6.86. The van der Waals surface area contributed by atoms with E-state index in [1.165, 1.54) is 18.9 Å². The quantitative estimate of drug-likeness (QED) is 0.906. The van der Waals surface area contributed by atoms with Crippen LogP contribution in [0.5, 0.6) is 5.75 Å². The first-order chi connectivity index (χ1) is 9.13. The first kappa shape index (κ1) is 14.3. The van der Waals surface area contributed by atoms with Gasteiger partial charge in [-0.25, -0.2) is 4.39 Å². The molecule has 0 radical (unpaired) electrons.